The summed E-state index contributed by atoms with van der Waals surface area (Å²) in [7, 11) is 0. The predicted molar refractivity (Wildman–Crippen MR) is 74.8 cm³/mol. The Kier molecular flexibility index (Phi) is 3.70. The Balaban J connectivity index is 2.15. The zero-order valence-corrected chi connectivity index (χ0v) is 10.9. The number of halogens is 1. The Hall–Kier alpha value is -1.77. The highest BCUT2D eigenvalue weighted by Crippen LogP contribution is 2.22. The molecule has 1 nitrogen and oxygen atoms in total. The molecule has 0 atom stereocenters. The molecular formula is C15H16BFO. The first-order valence-electron chi connectivity index (χ1n) is 6.10. The molecule has 2 aromatic carbocycles. The number of ether oxygens (including phenoxy) is 1. The number of aryl methyl sites for hydroxylation is 1. The van der Waals surface area contributed by atoms with Gasteiger partial charge in [-0.05, 0) is 42.8 Å². The fourth-order valence-electron chi connectivity index (χ4n) is 1.74. The van der Waals surface area contributed by atoms with Crippen LogP contribution in [0.1, 0.15) is 5.56 Å². The SMILES string of the molecule is CB(C)c1ccc(Oc2ccc(F)c(C)c2)cc1. The van der Waals surface area contributed by atoms with E-state index in [1.165, 1.54) is 11.5 Å². The molecule has 18 heavy (non-hydrogen) atoms. The Bertz CT molecular complexity index is 535. The van der Waals surface area contributed by atoms with Crippen molar-refractivity contribution in [3.63, 3.8) is 0 Å². The molecule has 0 unspecified atom stereocenters. The van der Waals surface area contributed by atoms with E-state index in [1.54, 1.807) is 19.1 Å². The lowest BCUT2D eigenvalue weighted by Gasteiger charge is -2.08. The number of hydrogen-bond acceptors (Lipinski definition) is 1. The van der Waals surface area contributed by atoms with E-state index in [-0.39, 0.29) is 5.82 Å². The van der Waals surface area contributed by atoms with Crippen LogP contribution >= 0.6 is 0 Å². The van der Waals surface area contributed by atoms with Gasteiger partial charge >= 0.3 is 0 Å². The van der Waals surface area contributed by atoms with Crippen LogP contribution in [0, 0.1) is 12.7 Å². The third kappa shape index (κ3) is 2.92. The number of benzene rings is 2. The summed E-state index contributed by atoms with van der Waals surface area (Å²) in [5, 5.41) is 0. The summed E-state index contributed by atoms with van der Waals surface area (Å²) in [6, 6.07) is 12.7. The van der Waals surface area contributed by atoms with Gasteiger partial charge < -0.3 is 4.74 Å². The van der Waals surface area contributed by atoms with Gasteiger partial charge in [0.1, 0.15) is 17.3 Å². The molecule has 0 aliphatic carbocycles. The molecule has 0 aliphatic rings. The zero-order valence-electron chi connectivity index (χ0n) is 10.9. The summed E-state index contributed by atoms with van der Waals surface area (Å²) >= 11 is 0. The van der Waals surface area contributed by atoms with Gasteiger partial charge in [-0.2, -0.15) is 0 Å². The first kappa shape index (κ1) is 12.7. The van der Waals surface area contributed by atoms with Crippen molar-refractivity contribution in [1.29, 1.82) is 0 Å². The topological polar surface area (TPSA) is 9.23 Å². The summed E-state index contributed by atoms with van der Waals surface area (Å²) in [6.45, 7) is 6.54. The molecule has 0 aliphatic heterocycles. The summed E-state index contributed by atoms with van der Waals surface area (Å²) < 4.78 is 18.8. The average molecular weight is 242 g/mol. The van der Waals surface area contributed by atoms with Crippen LogP contribution in [0.25, 0.3) is 0 Å². The van der Waals surface area contributed by atoms with Crippen molar-refractivity contribution >= 4 is 12.2 Å². The van der Waals surface area contributed by atoms with E-state index < -0.39 is 0 Å². The van der Waals surface area contributed by atoms with Crippen molar-refractivity contribution in [2.75, 3.05) is 0 Å². The predicted octanol–water partition coefficient (Wildman–Crippen LogP) is 3.89. The van der Waals surface area contributed by atoms with Gasteiger partial charge in [-0.1, -0.05) is 31.2 Å². The standard InChI is InChI=1S/C15H16BFO/c1-11-10-14(8-9-15(11)17)18-13-6-4-12(5-7-13)16(2)3/h4-10H,1-3H3. The lowest BCUT2D eigenvalue weighted by Crippen LogP contribution is -2.21. The molecule has 0 amide bonds. The van der Waals surface area contributed by atoms with Crippen LogP contribution in [0.4, 0.5) is 4.39 Å². The fraction of sp³-hybridized carbons (Fsp3) is 0.200. The zero-order chi connectivity index (χ0) is 13.1. The van der Waals surface area contributed by atoms with Crippen molar-refractivity contribution in [1.82, 2.24) is 0 Å². The number of rotatable bonds is 3. The molecule has 0 N–H and O–H groups in total. The van der Waals surface area contributed by atoms with Crippen LogP contribution in [0.3, 0.4) is 0 Å². The lowest BCUT2D eigenvalue weighted by atomic mass is 9.49. The summed E-state index contributed by atoms with van der Waals surface area (Å²) in [4.78, 5) is 0. The van der Waals surface area contributed by atoms with Crippen LogP contribution < -0.4 is 10.2 Å². The third-order valence-electron chi connectivity index (χ3n) is 2.91. The molecule has 0 aromatic heterocycles. The maximum atomic E-state index is 13.1. The van der Waals surface area contributed by atoms with Crippen molar-refractivity contribution in [2.45, 2.75) is 20.6 Å². The Morgan fingerprint density at radius 3 is 2.11 bits per heavy atom. The van der Waals surface area contributed by atoms with Crippen LogP contribution in [-0.2, 0) is 0 Å². The highest BCUT2D eigenvalue weighted by Gasteiger charge is 2.04. The largest absolute Gasteiger partial charge is 0.457 e. The first-order chi connectivity index (χ1) is 8.56. The highest BCUT2D eigenvalue weighted by molar-refractivity contribution is 6.70. The van der Waals surface area contributed by atoms with E-state index in [2.05, 4.69) is 25.8 Å². The Morgan fingerprint density at radius 2 is 1.56 bits per heavy atom. The Morgan fingerprint density at radius 1 is 0.944 bits per heavy atom. The van der Waals surface area contributed by atoms with E-state index in [9.17, 15) is 4.39 Å². The number of hydrogen-bond donors (Lipinski definition) is 0. The molecule has 0 fully saturated rings. The quantitative estimate of drug-likeness (QED) is 0.742. The molecule has 92 valence electrons. The highest BCUT2D eigenvalue weighted by atomic mass is 19.1. The smallest absolute Gasteiger partial charge is 0.169 e. The molecule has 3 heteroatoms. The summed E-state index contributed by atoms with van der Waals surface area (Å²) in [5.74, 6) is 1.22. The van der Waals surface area contributed by atoms with Crippen molar-refractivity contribution in [3.8, 4) is 11.5 Å². The van der Waals surface area contributed by atoms with Crippen molar-refractivity contribution in [3.05, 3.63) is 53.8 Å². The molecular weight excluding hydrogens is 226 g/mol. The molecule has 0 spiro atoms. The van der Waals surface area contributed by atoms with Gasteiger partial charge in [-0.3, -0.25) is 0 Å². The van der Waals surface area contributed by atoms with Gasteiger partial charge in [-0.25, -0.2) is 4.39 Å². The van der Waals surface area contributed by atoms with Gasteiger partial charge in [0.2, 0.25) is 0 Å². The molecule has 2 aromatic rings. The second-order valence-corrected chi connectivity index (χ2v) is 4.74. The van der Waals surface area contributed by atoms with Gasteiger partial charge in [0, 0.05) is 0 Å². The second-order valence-electron chi connectivity index (χ2n) is 4.74. The average Bonchev–Trinajstić information content (AvgIpc) is 2.34. The van der Waals surface area contributed by atoms with Crippen LogP contribution in [0.5, 0.6) is 11.5 Å². The van der Waals surface area contributed by atoms with Gasteiger partial charge in [0.05, 0.1) is 0 Å². The van der Waals surface area contributed by atoms with E-state index in [4.69, 9.17) is 4.74 Å². The molecule has 0 saturated carbocycles. The first-order valence-corrected chi connectivity index (χ1v) is 6.10. The van der Waals surface area contributed by atoms with Gasteiger partial charge in [0.15, 0.2) is 6.71 Å². The minimum Gasteiger partial charge on any atom is -0.457 e. The van der Waals surface area contributed by atoms with Crippen LogP contribution in [0.15, 0.2) is 42.5 Å². The minimum atomic E-state index is -0.211. The monoisotopic (exact) mass is 242 g/mol. The van der Waals surface area contributed by atoms with Gasteiger partial charge in [0.25, 0.3) is 0 Å². The molecule has 0 bridgehead atoms. The van der Waals surface area contributed by atoms with Crippen molar-refractivity contribution < 1.29 is 9.13 Å². The maximum absolute atomic E-state index is 13.1. The molecule has 0 radical (unpaired) electrons. The second kappa shape index (κ2) is 5.26. The third-order valence-corrected chi connectivity index (χ3v) is 2.91. The summed E-state index contributed by atoms with van der Waals surface area (Å²) in [6.07, 6.45) is 0. The van der Waals surface area contributed by atoms with Gasteiger partial charge in [-0.15, -0.1) is 0 Å². The van der Waals surface area contributed by atoms with Crippen LogP contribution in [0.2, 0.25) is 13.6 Å². The van der Waals surface area contributed by atoms with Crippen molar-refractivity contribution in [2.24, 2.45) is 0 Å². The normalized spacial score (nSPS) is 10.2. The van der Waals surface area contributed by atoms with E-state index in [1.807, 2.05) is 12.1 Å². The summed E-state index contributed by atoms with van der Waals surface area (Å²) in [5.41, 5.74) is 1.86. The van der Waals surface area contributed by atoms with Crippen LogP contribution in [-0.4, -0.2) is 6.71 Å². The molecule has 2 rings (SSSR count). The van der Waals surface area contributed by atoms with E-state index in [0.717, 1.165) is 5.75 Å². The molecule has 0 heterocycles. The Labute approximate surface area is 108 Å². The lowest BCUT2D eigenvalue weighted by molar-refractivity contribution is 0.480. The fourth-order valence-corrected chi connectivity index (χ4v) is 1.74. The van der Waals surface area contributed by atoms with E-state index in [0.29, 0.717) is 18.0 Å². The minimum absolute atomic E-state index is 0.211. The maximum Gasteiger partial charge on any atom is 0.169 e. The van der Waals surface area contributed by atoms with E-state index >= 15 is 0 Å². The molecule has 0 saturated heterocycles.